The van der Waals surface area contributed by atoms with Crippen LogP contribution in [0.2, 0.25) is 0 Å². The molecule has 0 heterocycles. The first-order valence-corrected chi connectivity index (χ1v) is 8.78. The highest BCUT2D eigenvalue weighted by Gasteiger charge is 2.25. The summed E-state index contributed by atoms with van der Waals surface area (Å²) in [5.41, 5.74) is 1.41. The number of nitro benzene ring substituents is 1. The summed E-state index contributed by atoms with van der Waals surface area (Å²) in [4.78, 5) is 10.0. The topological polar surface area (TPSA) is 86.5 Å². The SMILES string of the molecule is O=[N+]([O-])c1ccc(F)cc1OS(=O)(=O)c1ccc2c(c1)CCCC2. The van der Waals surface area contributed by atoms with Crippen molar-refractivity contribution in [2.75, 3.05) is 0 Å². The molecule has 0 radical (unpaired) electrons. The Morgan fingerprint density at radius 1 is 1.04 bits per heavy atom. The first-order chi connectivity index (χ1) is 11.4. The Morgan fingerprint density at radius 3 is 2.46 bits per heavy atom. The molecular formula is C16H14FNO5S. The largest absolute Gasteiger partial charge is 0.371 e. The van der Waals surface area contributed by atoms with Gasteiger partial charge in [-0.15, -0.1) is 0 Å². The Morgan fingerprint density at radius 2 is 1.75 bits per heavy atom. The van der Waals surface area contributed by atoms with Crippen LogP contribution >= 0.6 is 0 Å². The standard InChI is InChI=1S/C16H14FNO5S/c17-13-6-8-15(18(19)20)16(10-13)23-24(21,22)14-7-5-11-3-1-2-4-12(11)9-14/h5-10H,1-4H2. The lowest BCUT2D eigenvalue weighted by molar-refractivity contribution is -0.385. The molecule has 0 N–H and O–H groups in total. The quantitative estimate of drug-likeness (QED) is 0.479. The summed E-state index contributed by atoms with van der Waals surface area (Å²) in [6.45, 7) is 0. The van der Waals surface area contributed by atoms with E-state index in [1.54, 1.807) is 6.07 Å². The number of aryl methyl sites for hydroxylation is 2. The van der Waals surface area contributed by atoms with Gasteiger partial charge in [-0.25, -0.2) is 4.39 Å². The molecular weight excluding hydrogens is 337 g/mol. The van der Waals surface area contributed by atoms with Crippen LogP contribution in [-0.4, -0.2) is 13.3 Å². The molecule has 0 saturated carbocycles. The van der Waals surface area contributed by atoms with Crippen LogP contribution in [0, 0.1) is 15.9 Å². The molecule has 0 bridgehead atoms. The Bertz CT molecular complexity index is 911. The van der Waals surface area contributed by atoms with E-state index in [0.717, 1.165) is 48.9 Å². The molecule has 1 aliphatic rings. The minimum Gasteiger partial charge on any atom is -0.371 e. The maximum Gasteiger partial charge on any atom is 0.339 e. The van der Waals surface area contributed by atoms with Crippen molar-refractivity contribution < 1.29 is 21.9 Å². The van der Waals surface area contributed by atoms with Crippen molar-refractivity contribution in [1.29, 1.82) is 0 Å². The van der Waals surface area contributed by atoms with E-state index in [4.69, 9.17) is 4.18 Å². The van der Waals surface area contributed by atoms with Gasteiger partial charge in [0.15, 0.2) is 0 Å². The maximum atomic E-state index is 13.3. The summed E-state index contributed by atoms with van der Waals surface area (Å²) in [6, 6.07) is 7.09. The van der Waals surface area contributed by atoms with Crippen molar-refractivity contribution in [2.24, 2.45) is 0 Å². The predicted molar refractivity (Wildman–Crippen MR) is 84.0 cm³/mol. The molecule has 0 saturated heterocycles. The third kappa shape index (κ3) is 3.23. The van der Waals surface area contributed by atoms with E-state index in [9.17, 15) is 22.9 Å². The molecule has 0 atom stereocenters. The first kappa shape index (κ1) is 16.4. The summed E-state index contributed by atoms with van der Waals surface area (Å²) < 4.78 is 43.0. The summed E-state index contributed by atoms with van der Waals surface area (Å²) in [5.74, 6) is -1.46. The van der Waals surface area contributed by atoms with E-state index in [2.05, 4.69) is 0 Å². The Hall–Kier alpha value is -2.48. The summed E-state index contributed by atoms with van der Waals surface area (Å²) in [6.07, 6.45) is 3.71. The van der Waals surface area contributed by atoms with E-state index in [-0.39, 0.29) is 4.90 Å². The lowest BCUT2D eigenvalue weighted by Gasteiger charge is -2.16. The third-order valence-corrected chi connectivity index (χ3v) is 5.16. The van der Waals surface area contributed by atoms with Crippen LogP contribution in [-0.2, 0) is 23.0 Å². The molecule has 3 rings (SSSR count). The van der Waals surface area contributed by atoms with Crippen LogP contribution in [0.15, 0.2) is 41.3 Å². The van der Waals surface area contributed by atoms with Gasteiger partial charge >= 0.3 is 15.8 Å². The van der Waals surface area contributed by atoms with Crippen LogP contribution in [0.1, 0.15) is 24.0 Å². The normalized spacial score (nSPS) is 14.0. The van der Waals surface area contributed by atoms with E-state index in [0.29, 0.717) is 6.07 Å². The molecule has 126 valence electrons. The molecule has 2 aromatic carbocycles. The Labute approximate surface area is 138 Å². The van der Waals surface area contributed by atoms with E-state index >= 15 is 0 Å². The van der Waals surface area contributed by atoms with Gasteiger partial charge in [-0.3, -0.25) is 10.1 Å². The summed E-state index contributed by atoms with van der Waals surface area (Å²) in [7, 11) is -4.29. The van der Waals surface area contributed by atoms with Crippen LogP contribution in [0.4, 0.5) is 10.1 Å². The number of nitro groups is 1. The van der Waals surface area contributed by atoms with Gasteiger partial charge in [0.2, 0.25) is 5.75 Å². The molecule has 0 aliphatic heterocycles. The predicted octanol–water partition coefficient (Wildman–Crippen LogP) is 3.38. The van der Waals surface area contributed by atoms with Gasteiger partial charge < -0.3 is 4.18 Å². The summed E-state index contributed by atoms with van der Waals surface area (Å²) >= 11 is 0. The van der Waals surface area contributed by atoms with Crippen molar-refractivity contribution in [2.45, 2.75) is 30.6 Å². The molecule has 1 aliphatic carbocycles. The molecule has 2 aromatic rings. The van der Waals surface area contributed by atoms with Gasteiger partial charge in [-0.05, 0) is 55.0 Å². The lowest BCUT2D eigenvalue weighted by atomic mass is 9.92. The second-order valence-corrected chi connectivity index (χ2v) is 7.09. The van der Waals surface area contributed by atoms with Gasteiger partial charge in [-0.2, -0.15) is 8.42 Å². The fourth-order valence-electron chi connectivity index (χ4n) is 2.74. The minimum atomic E-state index is -4.29. The fraction of sp³-hybridized carbons (Fsp3) is 0.250. The molecule has 0 amide bonds. The van der Waals surface area contributed by atoms with Crippen LogP contribution in [0.25, 0.3) is 0 Å². The van der Waals surface area contributed by atoms with Gasteiger partial charge in [0, 0.05) is 12.1 Å². The van der Waals surface area contributed by atoms with E-state index in [1.807, 2.05) is 0 Å². The third-order valence-electron chi connectivity index (χ3n) is 3.93. The molecule has 0 fully saturated rings. The number of benzene rings is 2. The van der Waals surface area contributed by atoms with Gasteiger partial charge in [0.1, 0.15) is 10.7 Å². The number of nitrogens with zero attached hydrogens (tertiary/aromatic N) is 1. The van der Waals surface area contributed by atoms with Crippen LogP contribution in [0.3, 0.4) is 0 Å². The maximum absolute atomic E-state index is 13.3. The van der Waals surface area contributed by atoms with Crippen molar-refractivity contribution in [3.63, 3.8) is 0 Å². The van der Waals surface area contributed by atoms with Crippen molar-refractivity contribution in [3.8, 4) is 5.75 Å². The smallest absolute Gasteiger partial charge is 0.339 e. The lowest BCUT2D eigenvalue weighted by Crippen LogP contribution is -2.13. The van der Waals surface area contributed by atoms with Crippen LogP contribution < -0.4 is 4.18 Å². The fourth-order valence-corrected chi connectivity index (χ4v) is 3.72. The highest BCUT2D eigenvalue weighted by Crippen LogP contribution is 2.31. The number of hydrogen-bond donors (Lipinski definition) is 0. The Balaban J connectivity index is 1.98. The number of fused-ring (bicyclic) bond motifs is 1. The molecule has 24 heavy (non-hydrogen) atoms. The highest BCUT2D eigenvalue weighted by atomic mass is 32.2. The average Bonchev–Trinajstić information content (AvgIpc) is 2.53. The molecule has 8 heteroatoms. The van der Waals surface area contributed by atoms with Crippen molar-refractivity contribution in [1.82, 2.24) is 0 Å². The minimum absolute atomic E-state index is 0.0956. The number of hydrogen-bond acceptors (Lipinski definition) is 5. The van der Waals surface area contributed by atoms with Gasteiger partial charge in [0.05, 0.1) is 4.92 Å². The zero-order valence-corrected chi connectivity index (χ0v) is 13.4. The van der Waals surface area contributed by atoms with E-state index < -0.39 is 32.3 Å². The molecule has 0 aromatic heterocycles. The molecule has 0 spiro atoms. The van der Waals surface area contributed by atoms with Gasteiger partial charge in [0.25, 0.3) is 0 Å². The van der Waals surface area contributed by atoms with Gasteiger partial charge in [-0.1, -0.05) is 6.07 Å². The van der Waals surface area contributed by atoms with Crippen molar-refractivity contribution in [3.05, 3.63) is 63.5 Å². The second kappa shape index (κ2) is 6.20. The first-order valence-electron chi connectivity index (χ1n) is 7.37. The summed E-state index contributed by atoms with van der Waals surface area (Å²) in [5, 5.41) is 11.0. The number of halogens is 1. The van der Waals surface area contributed by atoms with Crippen molar-refractivity contribution >= 4 is 15.8 Å². The average molecular weight is 351 g/mol. The van der Waals surface area contributed by atoms with Crippen LogP contribution in [0.5, 0.6) is 5.75 Å². The Kier molecular flexibility index (Phi) is 4.23. The van der Waals surface area contributed by atoms with E-state index in [1.165, 1.54) is 12.1 Å². The highest BCUT2D eigenvalue weighted by molar-refractivity contribution is 7.87. The molecule has 6 nitrogen and oxygen atoms in total. The zero-order chi connectivity index (χ0) is 17.3. The monoisotopic (exact) mass is 351 g/mol. The molecule has 0 unspecified atom stereocenters. The number of rotatable bonds is 4. The second-order valence-electron chi connectivity index (χ2n) is 5.54. The zero-order valence-electron chi connectivity index (χ0n) is 12.6.